The molecule has 4 heteroatoms. The van der Waals surface area contributed by atoms with Gasteiger partial charge in [-0.05, 0) is 30.5 Å². The molecule has 0 fully saturated rings. The molecule has 0 saturated carbocycles. The lowest BCUT2D eigenvalue weighted by molar-refractivity contribution is 0.0595. The maximum atomic E-state index is 11.8. The highest BCUT2D eigenvalue weighted by Gasteiger charge is 2.26. The maximum Gasteiger partial charge on any atom is 0.341 e. The van der Waals surface area contributed by atoms with Crippen LogP contribution in [0.3, 0.4) is 0 Å². The molecule has 2 rings (SSSR count). The zero-order chi connectivity index (χ0) is 12.4. The largest absolute Gasteiger partial charge is 0.496 e. The lowest BCUT2D eigenvalue weighted by Crippen LogP contribution is -2.17. The number of rotatable bonds is 2. The average Bonchev–Trinajstić information content (AvgIpc) is 2.37. The first kappa shape index (κ1) is 11.6. The van der Waals surface area contributed by atoms with E-state index in [1.54, 1.807) is 12.1 Å². The van der Waals surface area contributed by atoms with Gasteiger partial charge in [-0.25, -0.2) is 4.79 Å². The summed E-state index contributed by atoms with van der Waals surface area (Å²) in [6.45, 7) is 0. The van der Waals surface area contributed by atoms with Gasteiger partial charge in [-0.2, -0.15) is 0 Å². The molecule has 0 saturated heterocycles. The van der Waals surface area contributed by atoms with E-state index in [2.05, 4.69) is 0 Å². The summed E-state index contributed by atoms with van der Waals surface area (Å²) in [6.07, 6.45) is 2.02. The van der Waals surface area contributed by atoms with E-state index < -0.39 is 5.97 Å². The van der Waals surface area contributed by atoms with Crippen LogP contribution in [-0.2, 0) is 11.2 Å². The topological polar surface area (TPSA) is 52.6 Å². The Bertz CT molecular complexity index is 477. The summed E-state index contributed by atoms with van der Waals surface area (Å²) in [4.78, 5) is 23.5. The van der Waals surface area contributed by atoms with Crippen molar-refractivity contribution in [2.24, 2.45) is 0 Å². The number of esters is 1. The Balaban J connectivity index is 2.64. The van der Waals surface area contributed by atoms with Crippen molar-refractivity contribution in [2.75, 3.05) is 14.2 Å². The van der Waals surface area contributed by atoms with E-state index in [0.29, 0.717) is 29.7 Å². The van der Waals surface area contributed by atoms with Gasteiger partial charge in [-0.15, -0.1) is 0 Å². The minimum atomic E-state index is -0.451. The fourth-order valence-corrected chi connectivity index (χ4v) is 2.20. The molecule has 0 N–H and O–H groups in total. The summed E-state index contributed by atoms with van der Waals surface area (Å²) in [7, 11) is 2.82. The van der Waals surface area contributed by atoms with Crippen molar-refractivity contribution in [1.29, 1.82) is 0 Å². The fraction of sp³-hybridized carbons (Fsp3) is 0.385. The molecule has 1 aliphatic carbocycles. The van der Waals surface area contributed by atoms with Crippen molar-refractivity contribution in [2.45, 2.75) is 19.3 Å². The van der Waals surface area contributed by atoms with E-state index in [4.69, 9.17) is 9.47 Å². The highest BCUT2D eigenvalue weighted by atomic mass is 16.5. The number of fused-ring (bicyclic) bond motifs is 1. The molecule has 0 amide bonds. The highest BCUT2D eigenvalue weighted by Crippen LogP contribution is 2.31. The zero-order valence-corrected chi connectivity index (χ0v) is 9.91. The molecule has 0 radical (unpaired) electrons. The standard InChI is InChI=1S/C13H14O4/c1-16-11-7-6-8-9(4-3-5-10(8)14)12(11)13(15)17-2/h6-7H,3-5H2,1-2H3. The molecule has 0 unspecified atom stereocenters. The molecule has 0 heterocycles. The molecule has 0 spiro atoms. The van der Waals surface area contributed by atoms with Crippen LogP contribution in [0.1, 0.15) is 39.1 Å². The molecule has 0 bridgehead atoms. The third kappa shape index (κ3) is 1.90. The van der Waals surface area contributed by atoms with Crippen molar-refractivity contribution in [3.8, 4) is 5.75 Å². The number of carbonyl (C=O) groups is 2. The van der Waals surface area contributed by atoms with Gasteiger partial charge in [0.05, 0.1) is 14.2 Å². The minimum Gasteiger partial charge on any atom is -0.496 e. The molecule has 1 aromatic carbocycles. The van der Waals surface area contributed by atoms with Gasteiger partial charge in [0.25, 0.3) is 0 Å². The van der Waals surface area contributed by atoms with Crippen LogP contribution >= 0.6 is 0 Å². The summed E-state index contributed by atoms with van der Waals surface area (Å²) >= 11 is 0. The predicted octanol–water partition coefficient (Wildman–Crippen LogP) is 2.00. The number of Topliss-reactive ketones (excluding diaryl/α,β-unsaturated/α-hetero) is 1. The van der Waals surface area contributed by atoms with Gasteiger partial charge in [0, 0.05) is 12.0 Å². The van der Waals surface area contributed by atoms with Gasteiger partial charge in [0.1, 0.15) is 11.3 Å². The summed E-state index contributed by atoms with van der Waals surface area (Å²) in [5, 5.41) is 0. The number of ether oxygens (including phenoxy) is 2. The summed E-state index contributed by atoms with van der Waals surface area (Å²) in [6, 6.07) is 3.37. The maximum absolute atomic E-state index is 11.8. The molecule has 17 heavy (non-hydrogen) atoms. The second kappa shape index (κ2) is 4.57. The molecular weight excluding hydrogens is 220 g/mol. The van der Waals surface area contributed by atoms with E-state index in [9.17, 15) is 9.59 Å². The SMILES string of the molecule is COC(=O)c1c(OC)ccc2c1CCCC2=O. The average molecular weight is 234 g/mol. The lowest BCUT2D eigenvalue weighted by atomic mass is 9.87. The fourth-order valence-electron chi connectivity index (χ4n) is 2.20. The van der Waals surface area contributed by atoms with Gasteiger partial charge in [0.2, 0.25) is 0 Å². The van der Waals surface area contributed by atoms with Crippen LogP contribution in [0, 0.1) is 0 Å². The monoisotopic (exact) mass is 234 g/mol. The highest BCUT2D eigenvalue weighted by molar-refractivity contribution is 6.03. The van der Waals surface area contributed by atoms with E-state index in [1.807, 2.05) is 0 Å². The van der Waals surface area contributed by atoms with Crippen molar-refractivity contribution in [3.63, 3.8) is 0 Å². The molecular formula is C13H14O4. The minimum absolute atomic E-state index is 0.0825. The van der Waals surface area contributed by atoms with E-state index in [-0.39, 0.29) is 5.78 Å². The number of carbonyl (C=O) groups excluding carboxylic acids is 2. The first-order valence-corrected chi connectivity index (χ1v) is 5.50. The van der Waals surface area contributed by atoms with Crippen molar-refractivity contribution in [1.82, 2.24) is 0 Å². The lowest BCUT2D eigenvalue weighted by Gasteiger charge is -2.19. The van der Waals surface area contributed by atoms with E-state index in [0.717, 1.165) is 12.0 Å². The van der Waals surface area contributed by atoms with Crippen molar-refractivity contribution < 1.29 is 19.1 Å². The quantitative estimate of drug-likeness (QED) is 0.734. The molecule has 0 aromatic heterocycles. The summed E-state index contributed by atoms with van der Waals surface area (Å²) < 4.78 is 9.91. The van der Waals surface area contributed by atoms with Gasteiger partial charge in [-0.1, -0.05) is 0 Å². The Labute approximate surface area is 99.5 Å². The first-order valence-electron chi connectivity index (χ1n) is 5.50. The first-order chi connectivity index (χ1) is 8.19. The van der Waals surface area contributed by atoms with Crippen LogP contribution in [0.5, 0.6) is 5.75 Å². The van der Waals surface area contributed by atoms with Crippen molar-refractivity contribution in [3.05, 3.63) is 28.8 Å². The van der Waals surface area contributed by atoms with Gasteiger partial charge >= 0.3 is 5.97 Å². The summed E-state index contributed by atoms with van der Waals surface area (Å²) in [5.74, 6) is 0.0951. The van der Waals surface area contributed by atoms with E-state index >= 15 is 0 Å². The van der Waals surface area contributed by atoms with Gasteiger partial charge in [0.15, 0.2) is 5.78 Å². The number of hydrogen-bond donors (Lipinski definition) is 0. The number of methoxy groups -OCH3 is 2. The molecule has 0 aliphatic heterocycles. The van der Waals surface area contributed by atoms with Gasteiger partial charge in [-0.3, -0.25) is 4.79 Å². The molecule has 90 valence electrons. The summed E-state index contributed by atoms with van der Waals surface area (Å²) in [5.41, 5.74) is 1.77. The van der Waals surface area contributed by atoms with Crippen LogP contribution in [0.2, 0.25) is 0 Å². The third-order valence-electron chi connectivity index (χ3n) is 3.02. The van der Waals surface area contributed by atoms with Crippen LogP contribution in [0.4, 0.5) is 0 Å². The zero-order valence-electron chi connectivity index (χ0n) is 9.91. The van der Waals surface area contributed by atoms with Crippen molar-refractivity contribution >= 4 is 11.8 Å². The number of ketones is 1. The normalized spacial score (nSPS) is 14.1. The Morgan fingerprint density at radius 3 is 2.65 bits per heavy atom. The number of benzene rings is 1. The predicted molar refractivity (Wildman–Crippen MR) is 61.6 cm³/mol. The van der Waals surface area contributed by atoms with Gasteiger partial charge < -0.3 is 9.47 Å². The molecule has 1 aromatic rings. The molecule has 1 aliphatic rings. The van der Waals surface area contributed by atoms with Crippen LogP contribution in [0.15, 0.2) is 12.1 Å². The Hall–Kier alpha value is -1.84. The van der Waals surface area contributed by atoms with Crippen LogP contribution in [0.25, 0.3) is 0 Å². The van der Waals surface area contributed by atoms with E-state index in [1.165, 1.54) is 14.2 Å². The Morgan fingerprint density at radius 2 is 2.00 bits per heavy atom. The number of hydrogen-bond acceptors (Lipinski definition) is 4. The molecule has 4 nitrogen and oxygen atoms in total. The second-order valence-corrected chi connectivity index (χ2v) is 3.94. The Morgan fingerprint density at radius 1 is 1.24 bits per heavy atom. The second-order valence-electron chi connectivity index (χ2n) is 3.94. The van der Waals surface area contributed by atoms with Crippen LogP contribution < -0.4 is 4.74 Å². The van der Waals surface area contributed by atoms with Crippen LogP contribution in [-0.4, -0.2) is 26.0 Å². The third-order valence-corrected chi connectivity index (χ3v) is 3.02. The molecule has 0 atom stereocenters. The smallest absolute Gasteiger partial charge is 0.341 e. The Kier molecular flexibility index (Phi) is 3.13.